The molecular weight excluding hydrogens is 432 g/mol. The van der Waals surface area contributed by atoms with Crippen molar-refractivity contribution in [3.8, 4) is 33.8 Å². The molecule has 0 bridgehead atoms. The molecule has 7 nitrogen and oxygen atoms in total. The average Bonchev–Trinajstić information content (AvgIpc) is 3.34. The van der Waals surface area contributed by atoms with Crippen LogP contribution in [0.2, 0.25) is 0 Å². The van der Waals surface area contributed by atoms with E-state index < -0.39 is 10.0 Å². The first kappa shape index (κ1) is 21.4. The summed E-state index contributed by atoms with van der Waals surface area (Å²) in [6, 6.07) is 13.2. The van der Waals surface area contributed by atoms with E-state index in [1.54, 1.807) is 12.1 Å². The Morgan fingerprint density at radius 2 is 2.10 bits per heavy atom. The van der Waals surface area contributed by atoms with Crippen LogP contribution in [-0.4, -0.2) is 30.1 Å². The van der Waals surface area contributed by atoms with E-state index in [-0.39, 0.29) is 12.1 Å². The van der Waals surface area contributed by atoms with Gasteiger partial charge < -0.3 is 4.74 Å². The van der Waals surface area contributed by atoms with Crippen LogP contribution < -0.4 is 9.46 Å². The summed E-state index contributed by atoms with van der Waals surface area (Å²) in [6.45, 7) is 3.83. The molecule has 0 saturated carbocycles. The molecule has 1 aliphatic rings. The lowest BCUT2D eigenvalue weighted by Crippen LogP contribution is -2.25. The van der Waals surface area contributed by atoms with E-state index in [1.807, 2.05) is 38.1 Å². The van der Waals surface area contributed by atoms with Gasteiger partial charge in [0.1, 0.15) is 16.8 Å². The minimum Gasteiger partial charge on any atom is -0.490 e. The van der Waals surface area contributed by atoms with E-state index in [0.29, 0.717) is 28.6 Å². The number of hydrogen-bond donors (Lipinski definition) is 1. The molecule has 0 radical (unpaired) electrons. The fourth-order valence-electron chi connectivity index (χ4n) is 3.80. The Morgan fingerprint density at radius 1 is 1.29 bits per heavy atom. The van der Waals surface area contributed by atoms with Gasteiger partial charge in [-0.2, -0.15) is 9.64 Å². The lowest BCUT2D eigenvalue weighted by Gasteiger charge is -2.12. The molecule has 1 heterocycles. The van der Waals surface area contributed by atoms with Gasteiger partial charge in [-0.3, -0.25) is 0 Å². The summed E-state index contributed by atoms with van der Waals surface area (Å²) in [6.07, 6.45) is 2.62. The molecule has 31 heavy (non-hydrogen) atoms. The van der Waals surface area contributed by atoms with Crippen molar-refractivity contribution in [1.82, 2.24) is 14.1 Å². The van der Waals surface area contributed by atoms with Crippen molar-refractivity contribution in [3.05, 3.63) is 53.1 Å². The zero-order valence-corrected chi connectivity index (χ0v) is 19.0. The number of nitriles is 1. The molecule has 9 heteroatoms. The van der Waals surface area contributed by atoms with E-state index in [1.165, 1.54) is 17.8 Å². The molecule has 0 spiro atoms. The zero-order valence-electron chi connectivity index (χ0n) is 17.4. The van der Waals surface area contributed by atoms with Crippen molar-refractivity contribution in [2.45, 2.75) is 38.8 Å². The number of ether oxygens (including phenoxy) is 1. The zero-order chi connectivity index (χ0) is 22.2. The summed E-state index contributed by atoms with van der Waals surface area (Å²) in [5.41, 5.74) is 4.23. The highest BCUT2D eigenvalue weighted by Crippen LogP contribution is 2.38. The van der Waals surface area contributed by atoms with Gasteiger partial charge in [-0.1, -0.05) is 18.2 Å². The molecule has 0 unspecified atom stereocenters. The molecule has 3 aromatic rings. The Morgan fingerprint density at radius 3 is 2.81 bits per heavy atom. The Kier molecular flexibility index (Phi) is 5.79. The largest absolute Gasteiger partial charge is 0.490 e. The Hall–Kier alpha value is -2.80. The number of nitrogens with one attached hydrogen (secondary N) is 1. The van der Waals surface area contributed by atoms with E-state index in [2.05, 4.69) is 15.2 Å². The normalized spacial score (nSPS) is 15.6. The van der Waals surface area contributed by atoms with E-state index in [4.69, 9.17) is 9.72 Å². The second-order valence-electron chi connectivity index (χ2n) is 7.77. The van der Waals surface area contributed by atoms with Crippen molar-refractivity contribution in [2.75, 3.05) is 6.26 Å². The van der Waals surface area contributed by atoms with Crippen molar-refractivity contribution >= 4 is 21.6 Å². The highest BCUT2D eigenvalue weighted by molar-refractivity contribution is 7.88. The molecule has 0 amide bonds. The van der Waals surface area contributed by atoms with E-state index in [9.17, 15) is 13.7 Å². The predicted molar refractivity (Wildman–Crippen MR) is 120 cm³/mol. The first-order chi connectivity index (χ1) is 14.7. The molecule has 0 saturated heterocycles. The first-order valence-corrected chi connectivity index (χ1v) is 12.6. The maximum absolute atomic E-state index is 11.7. The molecule has 1 atom stereocenters. The van der Waals surface area contributed by atoms with Crippen LogP contribution in [0.25, 0.3) is 22.0 Å². The Bertz CT molecular complexity index is 1280. The summed E-state index contributed by atoms with van der Waals surface area (Å²) in [5.74, 6) is 1.16. The molecule has 160 valence electrons. The SMILES string of the molecule is CC(C)Oc1ccc(-c2nc(-c3cccc4c3CC[C@@H]4NS(C)(=O)=O)ns2)cc1C#N. The summed E-state index contributed by atoms with van der Waals surface area (Å²) < 4.78 is 36.3. The maximum Gasteiger partial charge on any atom is 0.209 e. The third kappa shape index (κ3) is 4.61. The number of rotatable bonds is 6. The number of aromatic nitrogens is 2. The van der Waals surface area contributed by atoms with Crippen molar-refractivity contribution < 1.29 is 13.2 Å². The Labute approximate surface area is 185 Å². The molecule has 2 aromatic carbocycles. The quantitative estimate of drug-likeness (QED) is 0.602. The van der Waals surface area contributed by atoms with Crippen LogP contribution >= 0.6 is 11.5 Å². The minimum absolute atomic E-state index is 0.0210. The molecule has 1 N–H and O–H groups in total. The number of sulfonamides is 1. The topological polar surface area (TPSA) is 105 Å². The molecule has 4 rings (SSSR count). The van der Waals surface area contributed by atoms with Gasteiger partial charge in [0.25, 0.3) is 0 Å². The standard InChI is InChI=1S/C22H22N4O3S2/c1-13(2)29-20-10-7-14(11-15(20)12-23)22-24-21(25-30-22)18-6-4-5-17-16(18)8-9-19(17)26-31(3,27)28/h4-7,10-11,13,19,26H,8-9H2,1-3H3/t19-/m0/s1. The van der Waals surface area contributed by atoms with Gasteiger partial charge >= 0.3 is 0 Å². The average molecular weight is 455 g/mol. The van der Waals surface area contributed by atoms with Gasteiger partial charge in [-0.05, 0) is 67.5 Å². The fraction of sp³-hybridized carbons (Fsp3) is 0.318. The molecule has 1 aromatic heterocycles. The van der Waals surface area contributed by atoms with Crippen molar-refractivity contribution in [2.24, 2.45) is 0 Å². The Balaban J connectivity index is 1.66. The van der Waals surface area contributed by atoms with Gasteiger partial charge in [-0.25, -0.2) is 18.1 Å². The lowest BCUT2D eigenvalue weighted by atomic mass is 10.0. The van der Waals surface area contributed by atoms with Crippen molar-refractivity contribution in [1.29, 1.82) is 5.26 Å². The van der Waals surface area contributed by atoms with Gasteiger partial charge in [0.15, 0.2) is 5.82 Å². The maximum atomic E-state index is 11.7. The molecule has 1 aliphatic carbocycles. The summed E-state index contributed by atoms with van der Waals surface area (Å²) in [5, 5.41) is 10.2. The number of benzene rings is 2. The molecule has 0 fully saturated rings. The van der Waals surface area contributed by atoms with Crippen LogP contribution in [-0.2, 0) is 16.4 Å². The van der Waals surface area contributed by atoms with Crippen molar-refractivity contribution in [3.63, 3.8) is 0 Å². The van der Waals surface area contributed by atoms with Crippen LogP contribution in [0.3, 0.4) is 0 Å². The van der Waals surface area contributed by atoms with Gasteiger partial charge in [0.2, 0.25) is 10.0 Å². The lowest BCUT2D eigenvalue weighted by molar-refractivity contribution is 0.242. The highest BCUT2D eigenvalue weighted by atomic mass is 32.2. The summed E-state index contributed by atoms with van der Waals surface area (Å²) >= 11 is 1.27. The third-order valence-electron chi connectivity index (χ3n) is 5.00. The molecule has 0 aliphatic heterocycles. The van der Waals surface area contributed by atoms with Gasteiger partial charge in [0, 0.05) is 17.2 Å². The minimum atomic E-state index is -3.29. The number of fused-ring (bicyclic) bond motifs is 1. The summed E-state index contributed by atoms with van der Waals surface area (Å²) in [4.78, 5) is 4.71. The number of nitrogens with zero attached hydrogens (tertiary/aromatic N) is 3. The number of hydrogen-bond acceptors (Lipinski definition) is 7. The third-order valence-corrected chi connectivity index (χ3v) is 6.48. The van der Waals surface area contributed by atoms with Crippen LogP contribution in [0.4, 0.5) is 0 Å². The first-order valence-electron chi connectivity index (χ1n) is 9.89. The summed E-state index contributed by atoms with van der Waals surface area (Å²) in [7, 11) is -3.29. The highest BCUT2D eigenvalue weighted by Gasteiger charge is 2.28. The predicted octanol–water partition coefficient (Wildman–Crippen LogP) is 4.07. The van der Waals surface area contributed by atoms with E-state index in [0.717, 1.165) is 28.7 Å². The fourth-order valence-corrected chi connectivity index (χ4v) is 5.24. The molecular formula is C22H22N4O3S2. The monoisotopic (exact) mass is 454 g/mol. The second-order valence-corrected chi connectivity index (χ2v) is 10.3. The van der Waals surface area contributed by atoms with Crippen LogP contribution in [0.1, 0.15) is 43.0 Å². The van der Waals surface area contributed by atoms with Crippen LogP contribution in [0, 0.1) is 11.3 Å². The van der Waals surface area contributed by atoms with Gasteiger partial charge in [0.05, 0.1) is 17.9 Å². The van der Waals surface area contributed by atoms with Gasteiger partial charge in [-0.15, -0.1) is 0 Å². The van der Waals surface area contributed by atoms with Crippen LogP contribution in [0.15, 0.2) is 36.4 Å². The van der Waals surface area contributed by atoms with E-state index >= 15 is 0 Å². The second kappa shape index (κ2) is 8.38. The van der Waals surface area contributed by atoms with Crippen LogP contribution in [0.5, 0.6) is 5.75 Å². The smallest absolute Gasteiger partial charge is 0.209 e.